The van der Waals surface area contributed by atoms with Gasteiger partial charge in [0.15, 0.2) is 0 Å². The third-order valence-electron chi connectivity index (χ3n) is 3.19. The lowest BCUT2D eigenvalue weighted by molar-refractivity contribution is 0.459. The van der Waals surface area contributed by atoms with Crippen LogP contribution in [0.1, 0.15) is 20.3 Å². The predicted molar refractivity (Wildman–Crippen MR) is 90.0 cm³/mol. The van der Waals surface area contributed by atoms with Crippen LogP contribution in [-0.4, -0.2) is 18.5 Å². The Bertz CT molecular complexity index is 489. The van der Waals surface area contributed by atoms with E-state index in [0.29, 0.717) is 0 Å². The molecule has 0 N–H and O–H groups in total. The molecule has 0 spiro atoms. The number of likely N-dealkylation sites (N-methyl/N-ethyl adjacent to an activating group) is 1. The van der Waals surface area contributed by atoms with Gasteiger partial charge in [0.25, 0.3) is 0 Å². The van der Waals surface area contributed by atoms with E-state index in [4.69, 9.17) is 0 Å². The monoisotopic (exact) mass is 273 g/mol. The van der Waals surface area contributed by atoms with Gasteiger partial charge in [0.1, 0.15) is 0 Å². The molecule has 0 aromatic heterocycles. The zero-order chi connectivity index (χ0) is 14.4. The molecule has 1 nitrogen and oxygen atoms in total. The van der Waals surface area contributed by atoms with Crippen LogP contribution in [0.15, 0.2) is 71.3 Å². The summed E-state index contributed by atoms with van der Waals surface area (Å²) >= 11 is 0. The molecule has 1 unspecified atom stereocenters. The van der Waals surface area contributed by atoms with Crippen molar-refractivity contribution in [2.45, 2.75) is 20.3 Å². The molecule has 0 amide bonds. The van der Waals surface area contributed by atoms with Crippen molar-refractivity contribution in [2.24, 2.45) is 0 Å². The van der Waals surface area contributed by atoms with E-state index in [9.17, 15) is 0 Å². The Hall–Kier alpha value is -1.33. The SMILES string of the molecule is C=C/C=C(\C=C/CC)C(/C)=C1/C=C(P)C(=C)CN1C. The van der Waals surface area contributed by atoms with Gasteiger partial charge in [0.05, 0.1) is 0 Å². The van der Waals surface area contributed by atoms with Gasteiger partial charge in [-0.25, -0.2) is 0 Å². The maximum Gasteiger partial charge on any atom is 0.0426 e. The molecule has 0 bridgehead atoms. The molecule has 1 heterocycles. The molecule has 0 fully saturated rings. The molecule has 0 radical (unpaired) electrons. The smallest absolute Gasteiger partial charge is 0.0426 e. The van der Waals surface area contributed by atoms with Gasteiger partial charge in [-0.15, -0.1) is 9.24 Å². The third kappa shape index (κ3) is 4.08. The molecule has 0 saturated carbocycles. The quantitative estimate of drug-likeness (QED) is 0.534. The summed E-state index contributed by atoms with van der Waals surface area (Å²) in [6.45, 7) is 13.0. The van der Waals surface area contributed by atoms with Crippen LogP contribution in [-0.2, 0) is 0 Å². The average Bonchev–Trinajstić information content (AvgIpc) is 2.38. The molecule has 1 aliphatic rings. The largest absolute Gasteiger partial charge is 0.370 e. The Labute approximate surface area is 120 Å². The maximum atomic E-state index is 4.07. The van der Waals surface area contributed by atoms with Crippen LogP contribution in [0.4, 0.5) is 0 Å². The Morgan fingerprint density at radius 2 is 2.21 bits per heavy atom. The van der Waals surface area contributed by atoms with E-state index in [1.54, 1.807) is 0 Å². The summed E-state index contributed by atoms with van der Waals surface area (Å²) in [6, 6.07) is 0. The zero-order valence-corrected chi connectivity index (χ0v) is 13.4. The molecule has 102 valence electrons. The summed E-state index contributed by atoms with van der Waals surface area (Å²) in [5.74, 6) is 0. The van der Waals surface area contributed by atoms with Crippen molar-refractivity contribution < 1.29 is 0 Å². The molecule has 2 heteroatoms. The molecule has 1 rings (SSSR count). The van der Waals surface area contributed by atoms with Gasteiger partial charge in [-0.1, -0.05) is 44.4 Å². The van der Waals surface area contributed by atoms with Crippen LogP contribution >= 0.6 is 9.24 Å². The van der Waals surface area contributed by atoms with Crippen LogP contribution < -0.4 is 0 Å². The van der Waals surface area contributed by atoms with Crippen molar-refractivity contribution in [1.29, 1.82) is 0 Å². The van der Waals surface area contributed by atoms with Crippen LogP contribution in [0.5, 0.6) is 0 Å². The first-order chi connectivity index (χ1) is 9.01. The summed E-state index contributed by atoms with van der Waals surface area (Å²) in [7, 11) is 4.87. The van der Waals surface area contributed by atoms with E-state index >= 15 is 0 Å². The first-order valence-corrected chi connectivity index (χ1v) is 7.16. The fraction of sp³-hybridized carbons (Fsp3) is 0.294. The van der Waals surface area contributed by atoms with Crippen LogP contribution in [0, 0.1) is 0 Å². The highest BCUT2D eigenvalue weighted by Crippen LogP contribution is 2.30. The molecule has 19 heavy (non-hydrogen) atoms. The summed E-state index contributed by atoms with van der Waals surface area (Å²) < 4.78 is 0. The molecule has 0 aromatic carbocycles. The van der Waals surface area contributed by atoms with Crippen molar-refractivity contribution in [2.75, 3.05) is 13.6 Å². The Balaban J connectivity index is 3.26. The fourth-order valence-corrected chi connectivity index (χ4v) is 2.29. The van der Waals surface area contributed by atoms with Gasteiger partial charge in [0, 0.05) is 19.3 Å². The van der Waals surface area contributed by atoms with Gasteiger partial charge >= 0.3 is 0 Å². The van der Waals surface area contributed by atoms with Crippen molar-refractivity contribution in [3.63, 3.8) is 0 Å². The summed E-state index contributed by atoms with van der Waals surface area (Å²) in [5.41, 5.74) is 4.87. The summed E-state index contributed by atoms with van der Waals surface area (Å²) in [5, 5.41) is 1.19. The van der Waals surface area contributed by atoms with Crippen LogP contribution in [0.25, 0.3) is 0 Å². The van der Waals surface area contributed by atoms with Crippen LogP contribution in [0.2, 0.25) is 0 Å². The minimum atomic E-state index is 0.876. The number of nitrogens with zero attached hydrogens (tertiary/aromatic N) is 1. The normalized spacial score (nSPS) is 19.8. The number of rotatable bonds is 4. The topological polar surface area (TPSA) is 3.24 Å². The summed E-state index contributed by atoms with van der Waals surface area (Å²) in [6.07, 6.45) is 11.5. The lowest BCUT2D eigenvalue weighted by atomic mass is 10.0. The molecule has 0 aromatic rings. The van der Waals surface area contributed by atoms with Crippen molar-refractivity contribution >= 4 is 9.24 Å². The molecular weight excluding hydrogens is 249 g/mol. The zero-order valence-electron chi connectivity index (χ0n) is 12.2. The first kappa shape index (κ1) is 15.7. The molecular formula is C17H24NP. The predicted octanol–water partition coefficient (Wildman–Crippen LogP) is 4.60. The second-order valence-electron chi connectivity index (χ2n) is 4.74. The van der Waals surface area contributed by atoms with E-state index in [2.05, 4.69) is 72.5 Å². The highest BCUT2D eigenvalue weighted by molar-refractivity contribution is 7.23. The Morgan fingerprint density at radius 3 is 2.79 bits per heavy atom. The van der Waals surface area contributed by atoms with Gasteiger partial charge in [0.2, 0.25) is 0 Å². The third-order valence-corrected chi connectivity index (χ3v) is 3.76. The minimum absolute atomic E-state index is 0.876. The number of hydrogen-bond donors (Lipinski definition) is 0. The van der Waals surface area contributed by atoms with E-state index in [1.807, 2.05) is 6.08 Å². The maximum absolute atomic E-state index is 4.07. The highest BCUT2D eigenvalue weighted by Gasteiger charge is 2.15. The van der Waals surface area contributed by atoms with E-state index in [0.717, 1.165) is 18.5 Å². The van der Waals surface area contributed by atoms with Crippen molar-refractivity contribution in [1.82, 2.24) is 4.90 Å². The minimum Gasteiger partial charge on any atom is -0.370 e. The number of hydrogen-bond acceptors (Lipinski definition) is 1. The van der Waals surface area contributed by atoms with Crippen molar-refractivity contribution in [3.8, 4) is 0 Å². The fourth-order valence-electron chi connectivity index (χ4n) is 2.04. The van der Waals surface area contributed by atoms with Gasteiger partial charge < -0.3 is 4.90 Å². The molecule has 0 aliphatic carbocycles. The Kier molecular flexibility index (Phi) is 6.05. The lowest BCUT2D eigenvalue weighted by Gasteiger charge is -2.29. The molecule has 1 atom stereocenters. The van der Waals surface area contributed by atoms with E-state index in [1.165, 1.54) is 22.2 Å². The van der Waals surface area contributed by atoms with E-state index in [-0.39, 0.29) is 0 Å². The summed E-state index contributed by atoms with van der Waals surface area (Å²) in [4.78, 5) is 2.24. The van der Waals surface area contributed by atoms with Gasteiger partial charge in [-0.2, -0.15) is 0 Å². The second kappa shape index (κ2) is 7.31. The van der Waals surface area contributed by atoms with Crippen molar-refractivity contribution in [3.05, 3.63) is 71.3 Å². The van der Waals surface area contributed by atoms with Gasteiger partial charge in [-0.3, -0.25) is 0 Å². The average molecular weight is 273 g/mol. The molecule has 1 aliphatic heterocycles. The number of allylic oxidation sites excluding steroid dienone is 7. The Morgan fingerprint density at radius 1 is 1.53 bits per heavy atom. The first-order valence-electron chi connectivity index (χ1n) is 6.58. The second-order valence-corrected chi connectivity index (χ2v) is 5.36. The standard InChI is InChI=1S/C17H24NP/c1-6-8-10-15(9-7-2)14(4)16-11-17(19)13(3)12-18(16)5/h7-11H,2-3,6,12,19H2,1,4-5H3/b10-8-,15-9+,16-14-. The molecule has 0 saturated heterocycles. The van der Waals surface area contributed by atoms with E-state index < -0.39 is 0 Å². The lowest BCUT2D eigenvalue weighted by Crippen LogP contribution is -2.24. The van der Waals surface area contributed by atoms with Gasteiger partial charge in [-0.05, 0) is 41.5 Å². The highest BCUT2D eigenvalue weighted by atomic mass is 31.0. The van der Waals surface area contributed by atoms with Crippen LogP contribution in [0.3, 0.4) is 0 Å².